The van der Waals surface area contributed by atoms with Crippen molar-refractivity contribution in [1.82, 2.24) is 4.98 Å². The van der Waals surface area contributed by atoms with Crippen LogP contribution in [-0.4, -0.2) is 4.98 Å². The van der Waals surface area contributed by atoms with Crippen molar-refractivity contribution >= 4 is 15.9 Å². The Labute approximate surface area is 71.8 Å². The molecular formula is C7H5BrN2O. The van der Waals surface area contributed by atoms with E-state index >= 15 is 0 Å². The number of halogens is 1. The van der Waals surface area contributed by atoms with Gasteiger partial charge in [0.2, 0.25) is 0 Å². The van der Waals surface area contributed by atoms with Gasteiger partial charge >= 0.3 is 0 Å². The van der Waals surface area contributed by atoms with Crippen LogP contribution in [-0.2, 0) is 6.42 Å². The monoisotopic (exact) mass is 212 g/mol. The second-order valence-corrected chi connectivity index (χ2v) is 2.88. The van der Waals surface area contributed by atoms with Gasteiger partial charge in [0.15, 0.2) is 5.43 Å². The molecule has 4 heteroatoms. The molecule has 0 saturated carbocycles. The van der Waals surface area contributed by atoms with Crippen LogP contribution in [0.5, 0.6) is 0 Å². The van der Waals surface area contributed by atoms with Crippen LogP contribution in [0, 0.1) is 11.3 Å². The summed E-state index contributed by atoms with van der Waals surface area (Å²) in [7, 11) is 0. The van der Waals surface area contributed by atoms with Crippen LogP contribution in [0.15, 0.2) is 21.5 Å². The van der Waals surface area contributed by atoms with Gasteiger partial charge in [-0.3, -0.25) is 4.79 Å². The minimum atomic E-state index is -0.0964. The predicted octanol–water partition coefficient (Wildman–Crippen LogP) is 1.20. The van der Waals surface area contributed by atoms with Gasteiger partial charge in [-0.05, 0) is 15.9 Å². The number of nitriles is 1. The molecule has 0 amide bonds. The maximum Gasteiger partial charge on any atom is 0.183 e. The Morgan fingerprint density at radius 3 is 2.91 bits per heavy atom. The summed E-state index contributed by atoms with van der Waals surface area (Å²) in [6, 6.07) is 4.78. The van der Waals surface area contributed by atoms with Gasteiger partial charge in [0.1, 0.15) is 0 Å². The Balaban J connectivity index is 3.11. The summed E-state index contributed by atoms with van der Waals surface area (Å²) in [5.74, 6) is 0. The summed E-state index contributed by atoms with van der Waals surface area (Å²) in [6.07, 6.45) is 0.231. The quantitative estimate of drug-likeness (QED) is 0.712. The van der Waals surface area contributed by atoms with Crippen molar-refractivity contribution in [2.24, 2.45) is 0 Å². The van der Waals surface area contributed by atoms with E-state index in [1.54, 1.807) is 0 Å². The lowest BCUT2D eigenvalue weighted by molar-refractivity contribution is 1.08. The number of nitrogens with zero attached hydrogens (tertiary/aromatic N) is 1. The fourth-order valence-electron chi connectivity index (χ4n) is 0.744. The van der Waals surface area contributed by atoms with E-state index in [1.807, 2.05) is 6.07 Å². The first-order valence-corrected chi connectivity index (χ1v) is 3.77. The van der Waals surface area contributed by atoms with Gasteiger partial charge in [-0.2, -0.15) is 5.26 Å². The molecule has 3 nitrogen and oxygen atoms in total. The second kappa shape index (κ2) is 3.35. The van der Waals surface area contributed by atoms with E-state index in [2.05, 4.69) is 20.9 Å². The SMILES string of the molecule is N#CCc1cc(=O)cc(Br)[nH]1. The van der Waals surface area contributed by atoms with E-state index in [4.69, 9.17) is 5.26 Å². The summed E-state index contributed by atoms with van der Waals surface area (Å²) in [6.45, 7) is 0. The molecule has 0 aromatic carbocycles. The van der Waals surface area contributed by atoms with Crippen molar-refractivity contribution in [2.45, 2.75) is 6.42 Å². The number of rotatable bonds is 1. The highest BCUT2D eigenvalue weighted by Gasteiger charge is 1.94. The molecule has 0 aliphatic carbocycles. The van der Waals surface area contributed by atoms with Crippen molar-refractivity contribution in [1.29, 1.82) is 5.26 Å². The maximum absolute atomic E-state index is 10.8. The Kier molecular flexibility index (Phi) is 2.44. The fourth-order valence-corrected chi connectivity index (χ4v) is 1.22. The van der Waals surface area contributed by atoms with E-state index in [9.17, 15) is 4.79 Å². The lowest BCUT2D eigenvalue weighted by Gasteiger charge is -1.94. The van der Waals surface area contributed by atoms with Crippen LogP contribution in [0.1, 0.15) is 5.69 Å². The molecule has 0 aliphatic heterocycles. The largest absolute Gasteiger partial charge is 0.352 e. The summed E-state index contributed by atoms with van der Waals surface area (Å²) in [4.78, 5) is 13.7. The van der Waals surface area contributed by atoms with Crippen LogP contribution >= 0.6 is 15.9 Å². The van der Waals surface area contributed by atoms with Crippen LogP contribution in [0.4, 0.5) is 0 Å². The molecule has 11 heavy (non-hydrogen) atoms. The zero-order valence-electron chi connectivity index (χ0n) is 5.60. The van der Waals surface area contributed by atoms with Gasteiger partial charge in [0.05, 0.1) is 17.1 Å². The zero-order valence-corrected chi connectivity index (χ0v) is 7.18. The van der Waals surface area contributed by atoms with Crippen LogP contribution in [0.3, 0.4) is 0 Å². The Morgan fingerprint density at radius 2 is 2.36 bits per heavy atom. The third-order valence-corrected chi connectivity index (χ3v) is 1.56. The number of H-pyrrole nitrogens is 1. The van der Waals surface area contributed by atoms with E-state index in [0.29, 0.717) is 10.3 Å². The first-order chi connectivity index (χ1) is 5.22. The first kappa shape index (κ1) is 8.02. The molecule has 0 radical (unpaired) electrons. The molecule has 1 aromatic heterocycles. The van der Waals surface area contributed by atoms with Gasteiger partial charge < -0.3 is 4.98 Å². The van der Waals surface area contributed by atoms with Gasteiger partial charge in [0, 0.05) is 17.8 Å². The average Bonchev–Trinajstić information content (AvgIpc) is 1.85. The Hall–Kier alpha value is -1.08. The van der Waals surface area contributed by atoms with E-state index in [0.717, 1.165) is 0 Å². The second-order valence-electron chi connectivity index (χ2n) is 2.02. The number of nitrogens with one attached hydrogen (secondary N) is 1. The topological polar surface area (TPSA) is 56.6 Å². The van der Waals surface area contributed by atoms with Crippen LogP contribution < -0.4 is 5.43 Å². The van der Waals surface area contributed by atoms with Gasteiger partial charge in [-0.1, -0.05) is 0 Å². The molecule has 1 N–H and O–H groups in total. The summed E-state index contributed by atoms with van der Waals surface area (Å²) >= 11 is 3.12. The van der Waals surface area contributed by atoms with E-state index < -0.39 is 0 Å². The number of hydrogen-bond acceptors (Lipinski definition) is 2. The van der Waals surface area contributed by atoms with E-state index in [-0.39, 0.29) is 11.8 Å². The lowest BCUT2D eigenvalue weighted by Crippen LogP contribution is -2.01. The molecule has 0 spiro atoms. The van der Waals surface area contributed by atoms with Gasteiger partial charge in [-0.15, -0.1) is 0 Å². The molecule has 1 aromatic rings. The number of aromatic amines is 1. The number of aromatic nitrogens is 1. The van der Waals surface area contributed by atoms with Crippen molar-refractivity contribution in [3.63, 3.8) is 0 Å². The summed E-state index contributed by atoms with van der Waals surface area (Å²) < 4.78 is 0.607. The minimum Gasteiger partial charge on any atom is -0.352 e. The van der Waals surface area contributed by atoms with Crippen LogP contribution in [0.25, 0.3) is 0 Å². The molecule has 56 valence electrons. The minimum absolute atomic E-state index is 0.0964. The van der Waals surface area contributed by atoms with E-state index in [1.165, 1.54) is 12.1 Å². The molecular weight excluding hydrogens is 208 g/mol. The number of pyridine rings is 1. The van der Waals surface area contributed by atoms with Crippen molar-refractivity contribution < 1.29 is 0 Å². The summed E-state index contributed by atoms with van der Waals surface area (Å²) in [5, 5.41) is 8.31. The van der Waals surface area contributed by atoms with Crippen molar-refractivity contribution in [3.8, 4) is 6.07 Å². The normalized spacial score (nSPS) is 9.09. The Morgan fingerprint density at radius 1 is 1.64 bits per heavy atom. The molecule has 0 aliphatic rings. The smallest absolute Gasteiger partial charge is 0.183 e. The highest BCUT2D eigenvalue weighted by atomic mass is 79.9. The third-order valence-electron chi connectivity index (χ3n) is 1.13. The molecule has 0 fully saturated rings. The van der Waals surface area contributed by atoms with Gasteiger partial charge in [0.25, 0.3) is 0 Å². The molecule has 1 heterocycles. The lowest BCUT2D eigenvalue weighted by atomic mass is 10.3. The van der Waals surface area contributed by atoms with Crippen LogP contribution in [0.2, 0.25) is 0 Å². The highest BCUT2D eigenvalue weighted by Crippen LogP contribution is 2.02. The standard InChI is InChI=1S/C7H5BrN2O/c8-7-4-6(11)3-5(10-7)1-2-9/h3-4H,1H2,(H,10,11). The van der Waals surface area contributed by atoms with Gasteiger partial charge in [-0.25, -0.2) is 0 Å². The molecule has 0 bridgehead atoms. The zero-order chi connectivity index (χ0) is 8.27. The fraction of sp³-hybridized carbons (Fsp3) is 0.143. The highest BCUT2D eigenvalue weighted by molar-refractivity contribution is 9.10. The molecule has 0 atom stereocenters. The molecule has 0 saturated heterocycles. The number of hydrogen-bond donors (Lipinski definition) is 1. The van der Waals surface area contributed by atoms with Crippen molar-refractivity contribution in [3.05, 3.63) is 32.7 Å². The van der Waals surface area contributed by atoms with Crippen molar-refractivity contribution in [2.75, 3.05) is 0 Å². The Bertz CT molecular complexity index is 350. The maximum atomic E-state index is 10.8. The average molecular weight is 213 g/mol. The molecule has 1 rings (SSSR count). The molecule has 0 unspecified atom stereocenters. The first-order valence-electron chi connectivity index (χ1n) is 2.98. The summed E-state index contributed by atoms with van der Waals surface area (Å²) in [5.41, 5.74) is 0.535. The predicted molar refractivity (Wildman–Crippen MR) is 44.1 cm³/mol. The third kappa shape index (κ3) is 2.20.